The number of hydrogen-bond acceptors (Lipinski definition) is 2. The maximum absolute atomic E-state index is 13.4. The summed E-state index contributed by atoms with van der Waals surface area (Å²) in [6.07, 6.45) is 2.32. The minimum absolute atomic E-state index is 0.105. The van der Waals surface area contributed by atoms with Crippen molar-refractivity contribution in [3.63, 3.8) is 0 Å². The summed E-state index contributed by atoms with van der Waals surface area (Å²) < 4.78 is 18.7. The van der Waals surface area contributed by atoms with Crippen LogP contribution in [0.15, 0.2) is 54.7 Å². The summed E-state index contributed by atoms with van der Waals surface area (Å²) in [5.74, 6) is -0.291. The first-order valence-corrected chi connectivity index (χ1v) is 8.89. The van der Waals surface area contributed by atoms with Gasteiger partial charge in [-0.15, -0.1) is 0 Å². The van der Waals surface area contributed by atoms with Gasteiger partial charge in [0.05, 0.1) is 13.2 Å². The Morgan fingerprint density at radius 2 is 1.85 bits per heavy atom. The van der Waals surface area contributed by atoms with Crippen LogP contribution in [0.4, 0.5) is 4.39 Å². The molecule has 1 aromatic heterocycles. The van der Waals surface area contributed by atoms with Crippen molar-refractivity contribution in [3.05, 3.63) is 71.7 Å². The van der Waals surface area contributed by atoms with E-state index in [2.05, 4.69) is 11.1 Å². The molecule has 1 fully saturated rings. The van der Waals surface area contributed by atoms with Crippen molar-refractivity contribution in [2.24, 2.45) is 0 Å². The SMILES string of the molecule is O=C(CC(c1ccc(F)cc1)c1c[nH]c2ccccc12)N1CCOCC1. The third kappa shape index (κ3) is 3.35. The molecule has 1 aliphatic heterocycles. The molecule has 134 valence electrons. The number of rotatable bonds is 4. The number of aromatic amines is 1. The molecule has 0 saturated carbocycles. The molecule has 0 bridgehead atoms. The zero-order valence-electron chi connectivity index (χ0n) is 14.5. The van der Waals surface area contributed by atoms with Gasteiger partial charge < -0.3 is 14.6 Å². The fourth-order valence-corrected chi connectivity index (χ4v) is 3.60. The maximum Gasteiger partial charge on any atom is 0.223 e. The zero-order chi connectivity index (χ0) is 17.9. The third-order valence-corrected chi connectivity index (χ3v) is 5.01. The number of carbonyl (C=O) groups is 1. The first-order valence-electron chi connectivity index (χ1n) is 8.89. The van der Waals surface area contributed by atoms with E-state index in [1.807, 2.05) is 29.3 Å². The lowest BCUT2D eigenvalue weighted by Crippen LogP contribution is -2.41. The molecule has 1 atom stereocenters. The molecule has 1 aliphatic rings. The number of aromatic nitrogens is 1. The Kier molecular flexibility index (Phi) is 4.71. The molecule has 1 amide bonds. The lowest BCUT2D eigenvalue weighted by Gasteiger charge is -2.28. The molecule has 4 nitrogen and oxygen atoms in total. The second-order valence-corrected chi connectivity index (χ2v) is 6.59. The monoisotopic (exact) mass is 352 g/mol. The van der Waals surface area contributed by atoms with Crippen LogP contribution in [0.2, 0.25) is 0 Å². The van der Waals surface area contributed by atoms with E-state index in [1.165, 1.54) is 12.1 Å². The van der Waals surface area contributed by atoms with E-state index in [0.29, 0.717) is 32.7 Å². The topological polar surface area (TPSA) is 45.3 Å². The highest BCUT2D eigenvalue weighted by atomic mass is 19.1. The summed E-state index contributed by atoms with van der Waals surface area (Å²) in [5, 5.41) is 1.09. The van der Waals surface area contributed by atoms with E-state index in [9.17, 15) is 9.18 Å². The number of hydrogen-bond donors (Lipinski definition) is 1. The molecule has 5 heteroatoms. The minimum Gasteiger partial charge on any atom is -0.378 e. The summed E-state index contributed by atoms with van der Waals surface area (Å²) in [6.45, 7) is 2.42. The molecule has 4 rings (SSSR count). The average Bonchev–Trinajstić information content (AvgIpc) is 3.11. The molecule has 1 unspecified atom stereocenters. The molecule has 2 aromatic carbocycles. The summed E-state index contributed by atoms with van der Waals surface area (Å²) in [4.78, 5) is 18.0. The Labute approximate surface area is 151 Å². The van der Waals surface area contributed by atoms with Crippen molar-refractivity contribution in [3.8, 4) is 0 Å². The highest BCUT2D eigenvalue weighted by Crippen LogP contribution is 2.34. The first-order chi connectivity index (χ1) is 12.7. The number of amides is 1. The smallest absolute Gasteiger partial charge is 0.223 e. The molecular weight excluding hydrogens is 331 g/mol. The van der Waals surface area contributed by atoms with Crippen LogP contribution in [-0.2, 0) is 9.53 Å². The highest BCUT2D eigenvalue weighted by Gasteiger charge is 2.25. The Balaban J connectivity index is 1.69. The van der Waals surface area contributed by atoms with E-state index in [0.717, 1.165) is 22.0 Å². The van der Waals surface area contributed by atoms with Crippen molar-refractivity contribution in [2.45, 2.75) is 12.3 Å². The standard InChI is InChI=1S/C21H21FN2O2/c22-16-7-5-15(6-8-16)18(13-21(25)24-9-11-26-12-10-24)19-14-23-20-4-2-1-3-17(19)20/h1-8,14,18,23H,9-13H2. The Bertz CT molecular complexity index is 898. The summed E-state index contributed by atoms with van der Waals surface area (Å²) in [7, 11) is 0. The molecular formula is C21H21FN2O2. The number of carbonyl (C=O) groups excluding carboxylic acids is 1. The van der Waals surface area contributed by atoms with Crippen molar-refractivity contribution in [2.75, 3.05) is 26.3 Å². The number of H-pyrrole nitrogens is 1. The van der Waals surface area contributed by atoms with Gasteiger partial charge >= 0.3 is 0 Å². The van der Waals surface area contributed by atoms with Crippen LogP contribution < -0.4 is 0 Å². The predicted molar refractivity (Wildman–Crippen MR) is 98.6 cm³/mol. The molecule has 2 heterocycles. The molecule has 0 aliphatic carbocycles. The minimum atomic E-state index is -0.272. The third-order valence-electron chi connectivity index (χ3n) is 5.01. The van der Waals surface area contributed by atoms with Crippen molar-refractivity contribution in [1.29, 1.82) is 0 Å². The fourth-order valence-electron chi connectivity index (χ4n) is 3.60. The van der Waals surface area contributed by atoms with Crippen LogP contribution in [-0.4, -0.2) is 42.1 Å². The average molecular weight is 352 g/mol. The number of nitrogens with zero attached hydrogens (tertiary/aromatic N) is 1. The second kappa shape index (κ2) is 7.30. The molecule has 0 radical (unpaired) electrons. The quantitative estimate of drug-likeness (QED) is 0.778. The van der Waals surface area contributed by atoms with Gasteiger partial charge in [-0.3, -0.25) is 4.79 Å². The molecule has 26 heavy (non-hydrogen) atoms. The zero-order valence-corrected chi connectivity index (χ0v) is 14.5. The normalized spacial score (nSPS) is 16.0. The first kappa shape index (κ1) is 16.8. The van der Waals surface area contributed by atoms with Gasteiger partial charge in [0.2, 0.25) is 5.91 Å². The second-order valence-electron chi connectivity index (χ2n) is 6.59. The van der Waals surface area contributed by atoms with Gasteiger partial charge in [0.15, 0.2) is 0 Å². The van der Waals surface area contributed by atoms with Crippen LogP contribution in [0.3, 0.4) is 0 Å². The van der Waals surface area contributed by atoms with Gasteiger partial charge in [0.1, 0.15) is 5.82 Å². The predicted octanol–water partition coefficient (Wildman–Crippen LogP) is 3.69. The summed E-state index contributed by atoms with van der Waals surface area (Å²) >= 11 is 0. The van der Waals surface area contributed by atoms with Crippen LogP contribution in [0.25, 0.3) is 10.9 Å². The van der Waals surface area contributed by atoms with E-state index < -0.39 is 0 Å². The summed E-state index contributed by atoms with van der Waals surface area (Å²) in [6, 6.07) is 14.5. The molecule has 0 spiro atoms. The van der Waals surface area contributed by atoms with Gasteiger partial charge in [-0.1, -0.05) is 30.3 Å². The molecule has 3 aromatic rings. The number of benzene rings is 2. The van der Waals surface area contributed by atoms with Crippen LogP contribution in [0.5, 0.6) is 0 Å². The Hall–Kier alpha value is -2.66. The number of halogens is 1. The van der Waals surface area contributed by atoms with Gasteiger partial charge in [-0.05, 0) is 29.3 Å². The molecule has 1 N–H and O–H groups in total. The van der Waals surface area contributed by atoms with Crippen LogP contribution in [0.1, 0.15) is 23.5 Å². The highest BCUT2D eigenvalue weighted by molar-refractivity contribution is 5.86. The lowest BCUT2D eigenvalue weighted by atomic mass is 9.87. The molecule has 1 saturated heterocycles. The van der Waals surface area contributed by atoms with E-state index in [1.54, 1.807) is 12.1 Å². The Morgan fingerprint density at radius 1 is 1.12 bits per heavy atom. The number of fused-ring (bicyclic) bond motifs is 1. The van der Waals surface area contributed by atoms with Crippen molar-refractivity contribution < 1.29 is 13.9 Å². The van der Waals surface area contributed by atoms with Crippen molar-refractivity contribution in [1.82, 2.24) is 9.88 Å². The number of nitrogens with one attached hydrogen (secondary N) is 1. The lowest BCUT2D eigenvalue weighted by molar-refractivity contribution is -0.135. The van der Waals surface area contributed by atoms with Crippen molar-refractivity contribution >= 4 is 16.8 Å². The summed E-state index contributed by atoms with van der Waals surface area (Å²) in [5.41, 5.74) is 3.04. The van der Waals surface area contributed by atoms with Gasteiger partial charge in [0.25, 0.3) is 0 Å². The maximum atomic E-state index is 13.4. The van der Waals surface area contributed by atoms with Gasteiger partial charge in [0, 0.05) is 42.5 Å². The Morgan fingerprint density at radius 3 is 2.62 bits per heavy atom. The van der Waals surface area contributed by atoms with Crippen LogP contribution in [0, 0.1) is 5.82 Å². The van der Waals surface area contributed by atoms with E-state index in [-0.39, 0.29) is 17.6 Å². The largest absolute Gasteiger partial charge is 0.378 e. The van der Waals surface area contributed by atoms with Gasteiger partial charge in [-0.2, -0.15) is 0 Å². The number of para-hydroxylation sites is 1. The fraction of sp³-hybridized carbons (Fsp3) is 0.286. The van der Waals surface area contributed by atoms with Crippen LogP contribution >= 0.6 is 0 Å². The number of morpholine rings is 1. The van der Waals surface area contributed by atoms with Gasteiger partial charge in [-0.25, -0.2) is 4.39 Å². The number of ether oxygens (including phenoxy) is 1. The van der Waals surface area contributed by atoms with E-state index in [4.69, 9.17) is 4.74 Å². The van der Waals surface area contributed by atoms with E-state index >= 15 is 0 Å².